The summed E-state index contributed by atoms with van der Waals surface area (Å²) in [4.78, 5) is 32.0. The molecular formula is C19H28N6O2. The quantitative estimate of drug-likeness (QED) is 0.687. The van der Waals surface area contributed by atoms with Crippen LogP contribution >= 0.6 is 0 Å². The first-order chi connectivity index (χ1) is 12.8. The summed E-state index contributed by atoms with van der Waals surface area (Å²) < 4.78 is 6.55. The second-order valence-corrected chi connectivity index (χ2v) is 8.29. The maximum atomic E-state index is 12.6. The van der Waals surface area contributed by atoms with Gasteiger partial charge in [-0.1, -0.05) is 13.8 Å². The van der Waals surface area contributed by atoms with Crippen LogP contribution in [0.1, 0.15) is 26.0 Å². The van der Waals surface area contributed by atoms with Crippen LogP contribution in [0.5, 0.6) is 0 Å². The van der Waals surface area contributed by atoms with Gasteiger partial charge in [-0.15, -0.1) is 0 Å². The zero-order valence-electron chi connectivity index (χ0n) is 16.8. The Morgan fingerprint density at radius 2 is 1.74 bits per heavy atom. The van der Waals surface area contributed by atoms with Gasteiger partial charge in [0.2, 0.25) is 5.78 Å². The van der Waals surface area contributed by atoms with Crippen molar-refractivity contribution in [2.75, 3.05) is 19.6 Å². The zero-order chi connectivity index (χ0) is 19.5. The van der Waals surface area contributed by atoms with Gasteiger partial charge in [0.25, 0.3) is 5.56 Å². The van der Waals surface area contributed by atoms with Gasteiger partial charge >= 0.3 is 5.69 Å². The molecule has 0 radical (unpaired) electrons. The molecule has 8 heteroatoms. The van der Waals surface area contributed by atoms with E-state index in [2.05, 4.69) is 28.3 Å². The third-order valence-electron chi connectivity index (χ3n) is 5.84. The molecule has 0 spiro atoms. The number of aromatic nitrogens is 5. The first kappa shape index (κ1) is 18.0. The normalized spacial score (nSPS) is 21.5. The molecule has 146 valence electrons. The Balaban J connectivity index is 1.75. The van der Waals surface area contributed by atoms with Crippen molar-refractivity contribution in [2.24, 2.45) is 25.9 Å². The molecule has 8 nitrogen and oxygen atoms in total. The molecule has 4 heterocycles. The molecule has 0 aromatic carbocycles. The lowest BCUT2D eigenvalue weighted by atomic mass is 9.92. The number of rotatable bonds is 3. The average molecular weight is 372 g/mol. The van der Waals surface area contributed by atoms with Crippen molar-refractivity contribution in [1.82, 2.24) is 28.0 Å². The number of fused-ring (bicyclic) bond motifs is 3. The molecule has 0 N–H and O–H groups in total. The highest BCUT2D eigenvalue weighted by molar-refractivity contribution is 5.75. The molecule has 0 bridgehead atoms. The van der Waals surface area contributed by atoms with Gasteiger partial charge in [-0.25, -0.2) is 4.79 Å². The number of imidazole rings is 2. The minimum atomic E-state index is -0.354. The summed E-state index contributed by atoms with van der Waals surface area (Å²) in [5, 5.41) is 0. The van der Waals surface area contributed by atoms with Crippen molar-refractivity contribution in [2.45, 2.75) is 33.7 Å². The van der Waals surface area contributed by atoms with E-state index in [1.807, 2.05) is 17.5 Å². The van der Waals surface area contributed by atoms with Crippen molar-refractivity contribution in [3.8, 4) is 0 Å². The second kappa shape index (κ2) is 6.37. The van der Waals surface area contributed by atoms with Crippen molar-refractivity contribution < 1.29 is 0 Å². The number of hydrogen-bond donors (Lipinski definition) is 0. The van der Waals surface area contributed by atoms with Crippen LogP contribution in [0, 0.1) is 18.8 Å². The Labute approximate surface area is 157 Å². The molecule has 1 aliphatic rings. The minimum absolute atomic E-state index is 0.309. The van der Waals surface area contributed by atoms with Gasteiger partial charge in [0.1, 0.15) is 0 Å². The summed E-state index contributed by atoms with van der Waals surface area (Å²) in [6, 6.07) is 0. The number of piperidine rings is 1. The largest absolute Gasteiger partial charge is 0.332 e. The molecule has 3 aromatic rings. The first-order valence-electron chi connectivity index (χ1n) is 9.64. The van der Waals surface area contributed by atoms with E-state index in [0.29, 0.717) is 11.2 Å². The highest BCUT2D eigenvalue weighted by atomic mass is 16.2. The molecular weight excluding hydrogens is 344 g/mol. The summed E-state index contributed by atoms with van der Waals surface area (Å²) in [6.07, 6.45) is 3.24. The summed E-state index contributed by atoms with van der Waals surface area (Å²) in [5.74, 6) is 2.18. The second-order valence-electron chi connectivity index (χ2n) is 8.29. The number of aryl methyl sites for hydroxylation is 2. The SMILES string of the molecule is Cc1cn2c3c(=O)n(C)c(=O)n(C)c3nc2n1CCN1C[C@@H](C)C[C@H](C)C1. The van der Waals surface area contributed by atoms with Crippen LogP contribution in [0.15, 0.2) is 15.8 Å². The van der Waals surface area contributed by atoms with E-state index in [0.717, 1.165) is 54.1 Å². The van der Waals surface area contributed by atoms with Crippen LogP contribution in [0.3, 0.4) is 0 Å². The molecule has 0 unspecified atom stereocenters. The number of likely N-dealkylation sites (tertiary alicyclic amines) is 1. The van der Waals surface area contributed by atoms with Crippen molar-refractivity contribution in [3.05, 3.63) is 32.7 Å². The van der Waals surface area contributed by atoms with Crippen LogP contribution in [-0.2, 0) is 20.6 Å². The summed E-state index contributed by atoms with van der Waals surface area (Å²) in [5.41, 5.74) is 1.29. The third-order valence-corrected chi connectivity index (χ3v) is 5.84. The Morgan fingerprint density at radius 3 is 2.41 bits per heavy atom. The molecule has 1 fully saturated rings. The monoisotopic (exact) mass is 372 g/mol. The molecule has 1 aliphatic heterocycles. The van der Waals surface area contributed by atoms with Crippen molar-refractivity contribution in [1.29, 1.82) is 0 Å². The molecule has 0 amide bonds. The molecule has 2 atom stereocenters. The van der Waals surface area contributed by atoms with E-state index in [9.17, 15) is 9.59 Å². The minimum Gasteiger partial charge on any atom is -0.313 e. The zero-order valence-corrected chi connectivity index (χ0v) is 16.8. The van der Waals surface area contributed by atoms with Gasteiger partial charge in [0.05, 0.1) is 0 Å². The van der Waals surface area contributed by atoms with Crippen LogP contribution in [0.4, 0.5) is 0 Å². The molecule has 4 rings (SSSR count). The van der Waals surface area contributed by atoms with Crippen LogP contribution in [0.2, 0.25) is 0 Å². The predicted octanol–water partition coefficient (Wildman–Crippen LogP) is 0.973. The molecule has 3 aromatic heterocycles. The lowest BCUT2D eigenvalue weighted by molar-refractivity contribution is 0.137. The lowest BCUT2D eigenvalue weighted by Gasteiger charge is -2.35. The van der Waals surface area contributed by atoms with E-state index in [4.69, 9.17) is 0 Å². The first-order valence-corrected chi connectivity index (χ1v) is 9.64. The van der Waals surface area contributed by atoms with E-state index in [1.165, 1.54) is 18.0 Å². The van der Waals surface area contributed by atoms with Gasteiger partial charge in [0, 0.05) is 52.2 Å². The van der Waals surface area contributed by atoms with Gasteiger partial charge in [-0.05, 0) is 25.2 Å². The van der Waals surface area contributed by atoms with E-state index in [-0.39, 0.29) is 11.2 Å². The van der Waals surface area contributed by atoms with Gasteiger partial charge in [0.15, 0.2) is 11.2 Å². The third kappa shape index (κ3) is 2.82. The standard InChI is InChI=1S/C19H28N6O2/c1-12-8-13(2)10-23(9-12)6-7-24-14(3)11-25-15-16(20-18(24)25)21(4)19(27)22(5)17(15)26/h11-13H,6-10H2,1-5H3/t12-,13-/m0/s1. The Hall–Kier alpha value is -2.35. The van der Waals surface area contributed by atoms with E-state index in [1.54, 1.807) is 7.05 Å². The molecule has 27 heavy (non-hydrogen) atoms. The van der Waals surface area contributed by atoms with E-state index < -0.39 is 0 Å². The predicted molar refractivity (Wildman–Crippen MR) is 105 cm³/mol. The highest BCUT2D eigenvalue weighted by Gasteiger charge is 2.23. The summed E-state index contributed by atoms with van der Waals surface area (Å²) >= 11 is 0. The Kier molecular flexibility index (Phi) is 4.25. The highest BCUT2D eigenvalue weighted by Crippen LogP contribution is 2.21. The summed E-state index contributed by atoms with van der Waals surface area (Å²) in [7, 11) is 3.16. The fraction of sp³-hybridized carbons (Fsp3) is 0.632. The maximum absolute atomic E-state index is 12.6. The molecule has 0 saturated carbocycles. The number of nitrogens with zero attached hydrogens (tertiary/aromatic N) is 6. The fourth-order valence-corrected chi connectivity index (χ4v) is 4.62. The topological polar surface area (TPSA) is 69.5 Å². The van der Waals surface area contributed by atoms with Crippen LogP contribution < -0.4 is 11.2 Å². The number of hydrogen-bond acceptors (Lipinski definition) is 4. The van der Waals surface area contributed by atoms with Crippen LogP contribution in [0.25, 0.3) is 16.9 Å². The Morgan fingerprint density at radius 1 is 1.07 bits per heavy atom. The lowest BCUT2D eigenvalue weighted by Crippen LogP contribution is -2.40. The smallest absolute Gasteiger partial charge is 0.313 e. The van der Waals surface area contributed by atoms with Gasteiger partial charge in [-0.2, -0.15) is 4.98 Å². The van der Waals surface area contributed by atoms with Crippen LogP contribution in [-0.4, -0.2) is 47.6 Å². The van der Waals surface area contributed by atoms with Crippen molar-refractivity contribution >= 4 is 16.9 Å². The molecule has 0 aliphatic carbocycles. The van der Waals surface area contributed by atoms with Gasteiger partial charge < -0.3 is 9.47 Å². The summed E-state index contributed by atoms with van der Waals surface area (Å²) in [6.45, 7) is 10.7. The van der Waals surface area contributed by atoms with E-state index >= 15 is 0 Å². The maximum Gasteiger partial charge on any atom is 0.332 e. The van der Waals surface area contributed by atoms with Crippen molar-refractivity contribution in [3.63, 3.8) is 0 Å². The van der Waals surface area contributed by atoms with Gasteiger partial charge in [-0.3, -0.25) is 18.3 Å². The molecule has 1 saturated heterocycles. The Bertz CT molecular complexity index is 1120. The average Bonchev–Trinajstić information content (AvgIpc) is 3.10. The fourth-order valence-electron chi connectivity index (χ4n) is 4.62.